The third-order valence-electron chi connectivity index (χ3n) is 7.65. The number of aromatic hydroxyl groups is 1. The fourth-order valence-corrected chi connectivity index (χ4v) is 5.88. The molecule has 4 rings (SSSR count). The molecule has 1 saturated carbocycles. The number of hydrogen-bond donors (Lipinski definition) is 9. The Morgan fingerprint density at radius 1 is 1.12 bits per heavy atom. The number of carbonyl (C=O) groups is 4. The topological polar surface area (TPSA) is 271 Å². The first-order chi connectivity index (χ1) is 19.7. The van der Waals surface area contributed by atoms with Crippen LogP contribution in [0.4, 0.5) is 0 Å². The van der Waals surface area contributed by atoms with Gasteiger partial charge < -0.3 is 36.0 Å². The first kappa shape index (κ1) is 33.6. The number of likely N-dealkylation sites (N-methyl/N-ethyl adjacent to an activating group) is 1. The van der Waals surface area contributed by atoms with Gasteiger partial charge in [0.05, 0.1) is 36.7 Å². The van der Waals surface area contributed by atoms with Crippen LogP contribution in [0.25, 0.3) is 5.76 Å². The Kier molecular flexibility index (Phi) is 9.12. The molecule has 17 heteroatoms. The summed E-state index contributed by atoms with van der Waals surface area (Å²) < 4.78 is 25.9. The van der Waals surface area contributed by atoms with Crippen molar-refractivity contribution in [3.05, 3.63) is 46.2 Å². The van der Waals surface area contributed by atoms with Gasteiger partial charge in [-0.3, -0.25) is 33.9 Å². The van der Waals surface area contributed by atoms with Crippen LogP contribution >= 0.6 is 0 Å². The van der Waals surface area contributed by atoms with Crippen LogP contribution < -0.4 is 10.6 Å². The van der Waals surface area contributed by atoms with Crippen molar-refractivity contribution in [3.8, 4) is 5.75 Å². The fourth-order valence-electron chi connectivity index (χ4n) is 5.88. The van der Waals surface area contributed by atoms with Gasteiger partial charge >= 0.3 is 5.97 Å². The van der Waals surface area contributed by atoms with Crippen LogP contribution in [0.2, 0.25) is 0 Å². The van der Waals surface area contributed by atoms with Crippen LogP contribution in [0.1, 0.15) is 24.5 Å². The fraction of sp³-hybridized carbons (Fsp3) is 0.462. The van der Waals surface area contributed by atoms with Crippen LogP contribution in [0.3, 0.4) is 0 Å². The zero-order valence-electron chi connectivity index (χ0n) is 23.5. The molecule has 0 aliphatic heterocycles. The number of phenols is 1. The Bertz CT molecular complexity index is 1540. The van der Waals surface area contributed by atoms with Crippen LogP contribution in [0.15, 0.2) is 35.1 Å². The van der Waals surface area contributed by atoms with Gasteiger partial charge in [0.1, 0.15) is 22.8 Å². The van der Waals surface area contributed by atoms with E-state index in [0.29, 0.717) is 6.26 Å². The highest BCUT2D eigenvalue weighted by molar-refractivity contribution is 7.85. The summed E-state index contributed by atoms with van der Waals surface area (Å²) in [6, 6.07) is 2.88. The normalized spacial score (nSPS) is 28.4. The molecule has 0 heterocycles. The minimum Gasteiger partial charge on any atom is -0.508 e. The van der Waals surface area contributed by atoms with Crippen LogP contribution in [-0.2, 0) is 34.9 Å². The van der Waals surface area contributed by atoms with E-state index in [0.717, 1.165) is 0 Å². The zero-order chi connectivity index (χ0) is 32.8. The first-order valence-electron chi connectivity index (χ1n) is 12.7. The Morgan fingerprint density at radius 2 is 1.70 bits per heavy atom. The lowest BCUT2D eigenvalue weighted by molar-refractivity contribution is -0.159. The molecule has 3 aliphatic rings. The average molecular weight is 628 g/mol. The number of Topliss-reactive ketones (excluding diaryl/α,β-unsaturated/α-hetero) is 2. The molecule has 0 radical (unpaired) electrons. The van der Waals surface area contributed by atoms with Gasteiger partial charge in [-0.2, -0.15) is 8.42 Å². The molecule has 1 aromatic rings. The van der Waals surface area contributed by atoms with E-state index in [-0.39, 0.29) is 17.5 Å². The average Bonchev–Trinajstić information content (AvgIpc) is 2.86. The summed E-state index contributed by atoms with van der Waals surface area (Å²) in [5.74, 6) is -9.27. The predicted octanol–water partition coefficient (Wildman–Crippen LogP) is -1.60. The van der Waals surface area contributed by atoms with E-state index in [2.05, 4.69) is 10.6 Å². The lowest BCUT2D eigenvalue weighted by Gasteiger charge is -2.53. The van der Waals surface area contributed by atoms with Gasteiger partial charge in [-0.25, -0.2) is 0 Å². The third kappa shape index (κ3) is 5.99. The van der Waals surface area contributed by atoms with Gasteiger partial charge in [0, 0.05) is 17.4 Å². The minimum atomic E-state index is -3.67. The summed E-state index contributed by atoms with van der Waals surface area (Å²) in [7, 11) is -0.704. The van der Waals surface area contributed by atoms with E-state index in [4.69, 9.17) is 9.66 Å². The number of benzene rings is 1. The Labute approximate surface area is 245 Å². The van der Waals surface area contributed by atoms with Crippen molar-refractivity contribution in [2.75, 3.05) is 33.6 Å². The van der Waals surface area contributed by atoms with Crippen molar-refractivity contribution in [1.82, 2.24) is 15.5 Å². The zero-order valence-corrected chi connectivity index (χ0v) is 24.3. The smallest absolute Gasteiger partial charge is 0.317 e. The number of nitrogens with one attached hydrogen (secondary N) is 2. The summed E-state index contributed by atoms with van der Waals surface area (Å²) in [6.45, 7) is 0.478. The van der Waals surface area contributed by atoms with Crippen LogP contribution in [0.5, 0.6) is 5.75 Å². The third-order valence-corrected chi connectivity index (χ3v) is 7.65. The standard InChI is InChI=1S/C25H29N3O10.CH4O3S/c1-24(37)10-5-4-6-13(29)15(10)19(32)16-11(24)7-12-18(28(2)3)20(33)17(22(35)25(12,38)21(16)34)23(36)27-9-26-8-14(30)31;1-5(2,3)4/h4-6,11-12,18,26,29,32,35,37-38H,7-9H2,1-3H3,(H,27,36)(H,30,31);1H3,(H,2,3,4). The number of hydrogen-bond acceptors (Lipinski definition) is 13. The maximum Gasteiger partial charge on any atom is 0.317 e. The molecule has 5 unspecified atom stereocenters. The second-order valence-electron chi connectivity index (χ2n) is 10.8. The van der Waals surface area contributed by atoms with Crippen molar-refractivity contribution in [1.29, 1.82) is 0 Å². The van der Waals surface area contributed by atoms with E-state index < -0.39 is 104 Å². The molecule has 236 valence electrons. The molecule has 1 amide bonds. The molecule has 0 spiro atoms. The van der Waals surface area contributed by atoms with E-state index in [9.17, 15) is 53.1 Å². The number of carboxylic acid groups (broad SMARTS) is 1. The minimum absolute atomic E-state index is 0.138. The second kappa shape index (κ2) is 11.7. The van der Waals surface area contributed by atoms with Gasteiger partial charge in [0.25, 0.3) is 16.0 Å². The SMILES string of the molecule is CN(C)C1C(=O)C(C(=O)NCNCC(=O)O)=C(O)C2(O)C(=O)C3=C(O)c4c(O)cccc4C(C)(O)C3CC12.CS(=O)(=O)O. The number of amides is 1. The number of phenolic OH excluding ortho intramolecular Hbond substituents is 1. The number of fused-ring (bicyclic) bond motifs is 3. The lowest BCUT2D eigenvalue weighted by Crippen LogP contribution is -2.67. The summed E-state index contributed by atoms with van der Waals surface area (Å²) in [6.07, 6.45) is 0.463. The van der Waals surface area contributed by atoms with E-state index in [1.807, 2.05) is 0 Å². The number of aliphatic carboxylic acids is 1. The van der Waals surface area contributed by atoms with Gasteiger partial charge in [0.15, 0.2) is 11.4 Å². The second-order valence-corrected chi connectivity index (χ2v) is 12.3. The molecule has 9 N–H and O–H groups in total. The molecular weight excluding hydrogens is 594 g/mol. The molecule has 3 aliphatic carbocycles. The van der Waals surface area contributed by atoms with Crippen molar-refractivity contribution in [2.24, 2.45) is 11.8 Å². The molecule has 16 nitrogen and oxygen atoms in total. The maximum atomic E-state index is 13.9. The van der Waals surface area contributed by atoms with Crippen LogP contribution in [-0.4, -0.2) is 117 Å². The largest absolute Gasteiger partial charge is 0.508 e. The van der Waals surface area contributed by atoms with Gasteiger partial charge in [-0.1, -0.05) is 12.1 Å². The van der Waals surface area contributed by atoms with E-state index in [1.165, 1.54) is 44.1 Å². The Balaban J connectivity index is 0.000000934. The van der Waals surface area contributed by atoms with Gasteiger partial charge in [-0.15, -0.1) is 0 Å². The number of ketones is 2. The van der Waals surface area contributed by atoms with E-state index >= 15 is 0 Å². The summed E-state index contributed by atoms with van der Waals surface area (Å²) in [5, 5.41) is 69.2. The highest BCUT2D eigenvalue weighted by Crippen LogP contribution is 2.57. The van der Waals surface area contributed by atoms with Crippen molar-refractivity contribution in [2.45, 2.75) is 30.6 Å². The molecule has 0 aromatic heterocycles. The highest BCUT2D eigenvalue weighted by atomic mass is 32.2. The number of carbonyl (C=O) groups excluding carboxylic acids is 3. The summed E-state index contributed by atoms with van der Waals surface area (Å²) in [4.78, 5) is 52.4. The first-order valence-corrected chi connectivity index (χ1v) is 14.5. The van der Waals surface area contributed by atoms with E-state index in [1.54, 1.807) is 0 Å². The summed E-state index contributed by atoms with van der Waals surface area (Å²) >= 11 is 0. The number of aliphatic hydroxyl groups is 4. The molecule has 43 heavy (non-hydrogen) atoms. The molecule has 0 saturated heterocycles. The quantitative estimate of drug-likeness (QED) is 0.0743. The summed E-state index contributed by atoms with van der Waals surface area (Å²) in [5.41, 5.74) is -6.07. The number of rotatable bonds is 6. The van der Waals surface area contributed by atoms with Crippen molar-refractivity contribution < 1.29 is 62.8 Å². The van der Waals surface area contributed by atoms with Crippen molar-refractivity contribution >= 4 is 39.3 Å². The molecule has 1 fully saturated rings. The highest BCUT2D eigenvalue weighted by Gasteiger charge is 2.66. The number of carboxylic acids is 1. The number of nitrogens with zero attached hydrogens (tertiary/aromatic N) is 1. The number of aliphatic hydroxyl groups excluding tert-OH is 2. The molecule has 5 atom stereocenters. The Hall–Kier alpha value is -3.87. The maximum absolute atomic E-state index is 13.9. The predicted molar refractivity (Wildman–Crippen MR) is 147 cm³/mol. The van der Waals surface area contributed by atoms with Crippen molar-refractivity contribution in [3.63, 3.8) is 0 Å². The van der Waals surface area contributed by atoms with Gasteiger partial charge in [0.2, 0.25) is 5.78 Å². The van der Waals surface area contributed by atoms with Gasteiger partial charge in [-0.05, 0) is 39.1 Å². The van der Waals surface area contributed by atoms with Crippen LogP contribution in [0, 0.1) is 11.8 Å². The molecule has 0 bridgehead atoms. The Morgan fingerprint density at radius 3 is 2.23 bits per heavy atom. The monoisotopic (exact) mass is 627 g/mol. The lowest BCUT2D eigenvalue weighted by atomic mass is 9.54. The molecule has 1 aromatic carbocycles. The molecular formula is C26H33N3O13S.